The molecule has 0 unspecified atom stereocenters. The summed E-state index contributed by atoms with van der Waals surface area (Å²) in [6.07, 6.45) is 0. The fourth-order valence-corrected chi connectivity index (χ4v) is 8.80. The molecule has 0 saturated carbocycles. The zero-order valence-corrected chi connectivity index (χ0v) is 22.3. The highest BCUT2D eigenvalue weighted by Gasteiger charge is 2.42. The summed E-state index contributed by atoms with van der Waals surface area (Å²) < 4.78 is 16.6. The highest BCUT2D eigenvalue weighted by atomic mass is 32.2. The molecule has 1 aromatic rings. The number of Topliss-reactive ketones (excluding diaryl/α,β-unsaturated/α-hetero) is 1. The van der Waals surface area contributed by atoms with Crippen LogP contribution in [0.2, 0.25) is 0 Å². The minimum Gasteiger partial charge on any atom is -0.462 e. The molecule has 2 N–H and O–H groups in total. The standard InChI is InChI=1S/C21H16N2O9S4/c1-5-30-19(29)9(6(2)24)20-33-13-11(31-7(3)25)15-16(12(14(13)34-20)32-8(4)26)36-21(35-15)10-17(27)22-23-18(10)28/h5H2,1-4H3,(H,22,27)(H,23,28). The topological polar surface area (TPSA) is 154 Å². The first-order valence-corrected chi connectivity index (χ1v) is 13.4. The van der Waals surface area contributed by atoms with Crippen LogP contribution in [0.3, 0.4) is 0 Å². The van der Waals surface area contributed by atoms with Crippen molar-refractivity contribution in [3.05, 3.63) is 19.6 Å². The zero-order valence-electron chi connectivity index (χ0n) is 19.0. The van der Waals surface area contributed by atoms with Gasteiger partial charge in [-0.15, -0.1) is 0 Å². The lowest BCUT2D eigenvalue weighted by Gasteiger charge is -2.15. The minimum atomic E-state index is -0.808. The number of hydrazine groups is 1. The van der Waals surface area contributed by atoms with Crippen LogP contribution < -0.4 is 20.3 Å². The Kier molecular flexibility index (Phi) is 7.45. The van der Waals surface area contributed by atoms with E-state index in [0.717, 1.165) is 47.0 Å². The maximum absolute atomic E-state index is 12.5. The van der Waals surface area contributed by atoms with E-state index < -0.39 is 35.5 Å². The van der Waals surface area contributed by atoms with E-state index in [1.54, 1.807) is 6.92 Å². The fourth-order valence-electron chi connectivity index (χ4n) is 3.18. The molecule has 0 atom stereocenters. The summed E-state index contributed by atoms with van der Waals surface area (Å²) in [6.45, 7) is 5.29. The largest absolute Gasteiger partial charge is 0.462 e. The lowest BCUT2D eigenvalue weighted by Crippen LogP contribution is -2.28. The van der Waals surface area contributed by atoms with Gasteiger partial charge in [0, 0.05) is 13.8 Å². The average molecular weight is 569 g/mol. The van der Waals surface area contributed by atoms with E-state index in [1.807, 2.05) is 0 Å². The summed E-state index contributed by atoms with van der Waals surface area (Å²) in [5.41, 5.74) is 4.14. The first-order chi connectivity index (χ1) is 17.0. The number of amides is 2. The first kappa shape index (κ1) is 26.2. The molecule has 1 aromatic carbocycles. The molecule has 4 rings (SSSR count). The number of carbonyl (C=O) groups is 6. The van der Waals surface area contributed by atoms with Gasteiger partial charge in [-0.3, -0.25) is 34.8 Å². The molecule has 0 spiro atoms. The lowest BCUT2D eigenvalue weighted by atomic mass is 10.2. The Balaban J connectivity index is 1.94. The summed E-state index contributed by atoms with van der Waals surface area (Å²) in [6, 6.07) is 0. The van der Waals surface area contributed by atoms with Crippen LogP contribution in [-0.2, 0) is 33.5 Å². The van der Waals surface area contributed by atoms with Gasteiger partial charge in [0.15, 0.2) is 17.3 Å². The Morgan fingerprint density at radius 1 is 0.750 bits per heavy atom. The van der Waals surface area contributed by atoms with Gasteiger partial charge in [0.2, 0.25) is 0 Å². The van der Waals surface area contributed by atoms with Crippen LogP contribution >= 0.6 is 47.0 Å². The van der Waals surface area contributed by atoms with Crippen molar-refractivity contribution >= 4 is 82.6 Å². The van der Waals surface area contributed by atoms with Gasteiger partial charge in [-0.2, -0.15) is 0 Å². The molecule has 11 nitrogen and oxygen atoms in total. The smallest absolute Gasteiger partial charge is 0.343 e. The minimum absolute atomic E-state index is 0.0583. The SMILES string of the molecule is CCOC(=O)C(C(C)=O)=C1Sc2c(OC(C)=O)c3c(c(OC(C)=O)c2S1)SC(=C1C(=O)NNC1=O)S3. The number of nitrogens with one attached hydrogen (secondary N) is 2. The van der Waals surface area contributed by atoms with Crippen molar-refractivity contribution in [1.29, 1.82) is 0 Å². The third-order valence-corrected chi connectivity index (χ3v) is 9.68. The van der Waals surface area contributed by atoms with Crippen molar-refractivity contribution in [2.24, 2.45) is 0 Å². The third kappa shape index (κ3) is 4.75. The molecule has 36 heavy (non-hydrogen) atoms. The van der Waals surface area contributed by atoms with Crippen LogP contribution in [0.25, 0.3) is 0 Å². The fraction of sp³-hybridized carbons (Fsp3) is 0.238. The summed E-state index contributed by atoms with van der Waals surface area (Å²) in [5.74, 6) is -3.71. The van der Waals surface area contributed by atoms with Crippen LogP contribution in [0.4, 0.5) is 0 Å². The monoisotopic (exact) mass is 568 g/mol. The molecule has 188 valence electrons. The van der Waals surface area contributed by atoms with Gasteiger partial charge < -0.3 is 14.2 Å². The molecule has 3 aliphatic heterocycles. The van der Waals surface area contributed by atoms with Crippen molar-refractivity contribution in [2.75, 3.05) is 6.61 Å². The quantitative estimate of drug-likeness (QED) is 0.176. The van der Waals surface area contributed by atoms with Crippen LogP contribution in [0, 0.1) is 0 Å². The van der Waals surface area contributed by atoms with Crippen molar-refractivity contribution in [3.8, 4) is 11.5 Å². The van der Waals surface area contributed by atoms with E-state index >= 15 is 0 Å². The van der Waals surface area contributed by atoms with Crippen LogP contribution in [0.15, 0.2) is 39.2 Å². The Labute approximate surface area is 220 Å². The number of esters is 3. The number of carbonyl (C=O) groups excluding carboxylic acids is 6. The lowest BCUT2D eigenvalue weighted by molar-refractivity contribution is -0.140. The van der Waals surface area contributed by atoms with Crippen molar-refractivity contribution in [1.82, 2.24) is 10.9 Å². The van der Waals surface area contributed by atoms with Crippen LogP contribution in [0.5, 0.6) is 11.5 Å². The molecule has 2 amide bonds. The predicted octanol–water partition coefficient (Wildman–Crippen LogP) is 2.67. The summed E-state index contributed by atoms with van der Waals surface area (Å²) in [5, 5.41) is 0. The predicted molar refractivity (Wildman–Crippen MR) is 130 cm³/mol. The second-order valence-corrected chi connectivity index (χ2v) is 11.7. The number of ketones is 1. The number of ether oxygens (including phenoxy) is 3. The molecule has 15 heteroatoms. The molecule has 0 aliphatic carbocycles. The highest BCUT2D eigenvalue weighted by molar-refractivity contribution is 8.26. The van der Waals surface area contributed by atoms with Gasteiger partial charge in [0.25, 0.3) is 11.8 Å². The Hall–Kier alpha value is -2.88. The number of fused-ring (bicyclic) bond motifs is 2. The molecular weight excluding hydrogens is 553 g/mol. The molecule has 1 fully saturated rings. The third-order valence-electron chi connectivity index (χ3n) is 4.49. The maximum Gasteiger partial charge on any atom is 0.343 e. The highest BCUT2D eigenvalue weighted by Crippen LogP contribution is 2.68. The molecular formula is C21H16N2O9S4. The van der Waals surface area contributed by atoms with Gasteiger partial charge in [-0.05, 0) is 13.8 Å². The molecule has 1 saturated heterocycles. The summed E-state index contributed by atoms with van der Waals surface area (Å²) >= 11 is 3.99. The molecule has 0 aromatic heterocycles. The number of thioether (sulfide) groups is 4. The average Bonchev–Trinajstić information content (AvgIpc) is 3.47. The van der Waals surface area contributed by atoms with Gasteiger partial charge in [-0.1, -0.05) is 47.0 Å². The van der Waals surface area contributed by atoms with Gasteiger partial charge >= 0.3 is 17.9 Å². The number of rotatable bonds is 5. The van der Waals surface area contributed by atoms with Gasteiger partial charge in [-0.25, -0.2) is 4.79 Å². The Bertz CT molecular complexity index is 1270. The van der Waals surface area contributed by atoms with Crippen LogP contribution in [0.1, 0.15) is 27.7 Å². The molecule has 0 bridgehead atoms. The summed E-state index contributed by atoms with van der Waals surface area (Å²) in [4.78, 5) is 74.6. The molecule has 3 aliphatic rings. The van der Waals surface area contributed by atoms with Gasteiger partial charge in [0.05, 0.1) is 34.7 Å². The zero-order chi connectivity index (χ0) is 26.3. The first-order valence-electron chi connectivity index (χ1n) is 10.1. The van der Waals surface area contributed by atoms with E-state index in [1.165, 1.54) is 20.8 Å². The normalized spacial score (nSPS) is 15.7. The molecule has 3 heterocycles. The number of hydrogen-bond acceptors (Lipinski definition) is 13. The Morgan fingerprint density at radius 2 is 1.19 bits per heavy atom. The van der Waals surface area contributed by atoms with E-state index in [9.17, 15) is 28.8 Å². The van der Waals surface area contributed by atoms with Gasteiger partial charge in [0.1, 0.15) is 11.1 Å². The van der Waals surface area contributed by atoms with Crippen molar-refractivity contribution in [3.63, 3.8) is 0 Å². The van der Waals surface area contributed by atoms with E-state index in [4.69, 9.17) is 14.2 Å². The second-order valence-electron chi connectivity index (χ2n) is 7.08. The second kappa shape index (κ2) is 10.2. The Morgan fingerprint density at radius 3 is 1.58 bits per heavy atom. The summed E-state index contributed by atoms with van der Waals surface area (Å²) in [7, 11) is 0. The van der Waals surface area contributed by atoms with E-state index in [0.29, 0.717) is 23.8 Å². The molecule has 0 radical (unpaired) electrons. The number of hydrogen-bond donors (Lipinski definition) is 2. The van der Waals surface area contributed by atoms with Crippen molar-refractivity contribution < 1.29 is 43.0 Å². The van der Waals surface area contributed by atoms with Crippen LogP contribution in [-0.4, -0.2) is 42.1 Å². The maximum atomic E-state index is 12.5. The number of benzene rings is 1. The van der Waals surface area contributed by atoms with E-state index in [2.05, 4.69) is 10.9 Å². The van der Waals surface area contributed by atoms with E-state index in [-0.39, 0.29) is 33.5 Å². The van der Waals surface area contributed by atoms with Crippen molar-refractivity contribution in [2.45, 2.75) is 47.3 Å².